The minimum Gasteiger partial charge on any atom is -0.482 e. The molecule has 0 fully saturated rings. The van der Waals surface area contributed by atoms with Crippen molar-refractivity contribution >= 4 is 40.8 Å². The molecule has 132 valence electrons. The molecular weight excluding hydrogens is 365 g/mol. The van der Waals surface area contributed by atoms with Crippen molar-refractivity contribution in [3.05, 3.63) is 57.6 Å². The molecule has 1 N–H and O–H groups in total. The van der Waals surface area contributed by atoms with E-state index in [1.54, 1.807) is 24.3 Å². The molecule has 0 aliphatic rings. The molecule has 1 amide bonds. The molecule has 2 aromatic carbocycles. The van der Waals surface area contributed by atoms with Crippen molar-refractivity contribution in [2.75, 3.05) is 18.5 Å². The number of ether oxygens (including phenoxy) is 2. The third kappa shape index (κ3) is 5.37. The van der Waals surface area contributed by atoms with Crippen LogP contribution in [-0.4, -0.2) is 25.1 Å². The molecule has 2 aromatic rings. The Balaban J connectivity index is 1.80. The first-order valence-electron chi connectivity index (χ1n) is 7.47. The Morgan fingerprint density at radius 2 is 1.76 bits per heavy atom. The first-order chi connectivity index (χ1) is 11.9. The third-order valence-corrected chi connectivity index (χ3v) is 4.31. The van der Waals surface area contributed by atoms with Crippen molar-refractivity contribution < 1.29 is 19.1 Å². The van der Waals surface area contributed by atoms with Gasteiger partial charge in [-0.05, 0) is 43.2 Å². The molecule has 0 saturated carbocycles. The second-order valence-electron chi connectivity index (χ2n) is 5.30. The van der Waals surface area contributed by atoms with Crippen LogP contribution in [0, 0.1) is 13.8 Å². The minimum atomic E-state index is -0.645. The van der Waals surface area contributed by atoms with Crippen LogP contribution < -0.4 is 10.1 Å². The van der Waals surface area contributed by atoms with Crippen LogP contribution in [0.2, 0.25) is 10.0 Å². The molecule has 25 heavy (non-hydrogen) atoms. The molecule has 0 saturated heterocycles. The van der Waals surface area contributed by atoms with Crippen LogP contribution in [0.1, 0.15) is 11.1 Å². The van der Waals surface area contributed by atoms with Gasteiger partial charge in [0.1, 0.15) is 5.75 Å². The Morgan fingerprint density at radius 1 is 1.04 bits per heavy atom. The van der Waals surface area contributed by atoms with Crippen molar-refractivity contribution in [3.63, 3.8) is 0 Å². The number of amides is 1. The van der Waals surface area contributed by atoms with Gasteiger partial charge in [0.25, 0.3) is 5.91 Å². The van der Waals surface area contributed by atoms with Gasteiger partial charge in [-0.25, -0.2) is 4.79 Å². The molecule has 2 rings (SSSR count). The number of hydrogen-bond donors (Lipinski definition) is 1. The smallest absolute Gasteiger partial charge is 0.344 e. The predicted molar refractivity (Wildman–Crippen MR) is 97.5 cm³/mol. The summed E-state index contributed by atoms with van der Waals surface area (Å²) in [7, 11) is 0. The van der Waals surface area contributed by atoms with Crippen LogP contribution in [-0.2, 0) is 14.3 Å². The zero-order valence-electron chi connectivity index (χ0n) is 13.8. The van der Waals surface area contributed by atoms with Gasteiger partial charge in [0.15, 0.2) is 13.2 Å². The summed E-state index contributed by atoms with van der Waals surface area (Å²) in [4.78, 5) is 23.5. The number of anilines is 1. The van der Waals surface area contributed by atoms with E-state index in [0.29, 0.717) is 16.5 Å². The quantitative estimate of drug-likeness (QED) is 0.762. The molecule has 0 atom stereocenters. The highest BCUT2D eigenvalue weighted by molar-refractivity contribution is 6.44. The molecule has 5 nitrogen and oxygen atoms in total. The number of carbonyl (C=O) groups excluding carboxylic acids is 2. The fourth-order valence-electron chi connectivity index (χ4n) is 1.99. The number of carbonyl (C=O) groups is 2. The predicted octanol–water partition coefficient (Wildman–Crippen LogP) is 4.17. The van der Waals surface area contributed by atoms with Crippen molar-refractivity contribution in [1.29, 1.82) is 0 Å². The summed E-state index contributed by atoms with van der Waals surface area (Å²) in [5.74, 6) is -0.565. The molecule has 0 aromatic heterocycles. The van der Waals surface area contributed by atoms with Gasteiger partial charge in [-0.2, -0.15) is 0 Å². The van der Waals surface area contributed by atoms with Gasteiger partial charge >= 0.3 is 5.97 Å². The number of nitrogens with one attached hydrogen (secondary N) is 1. The number of hydrogen-bond acceptors (Lipinski definition) is 4. The fraction of sp³-hybridized carbons (Fsp3) is 0.222. The van der Waals surface area contributed by atoms with E-state index in [-0.39, 0.29) is 11.6 Å². The fourth-order valence-corrected chi connectivity index (χ4v) is 2.34. The van der Waals surface area contributed by atoms with Crippen LogP contribution in [0.3, 0.4) is 0 Å². The van der Waals surface area contributed by atoms with Gasteiger partial charge in [-0.1, -0.05) is 41.4 Å². The molecule has 0 aliphatic heterocycles. The lowest BCUT2D eigenvalue weighted by molar-refractivity contribution is -0.149. The first kappa shape index (κ1) is 19.1. The van der Waals surface area contributed by atoms with Crippen LogP contribution in [0.4, 0.5) is 5.69 Å². The zero-order valence-corrected chi connectivity index (χ0v) is 15.3. The second kappa shape index (κ2) is 8.74. The Kier molecular flexibility index (Phi) is 6.67. The van der Waals surface area contributed by atoms with Gasteiger partial charge in [-0.15, -0.1) is 0 Å². The van der Waals surface area contributed by atoms with Crippen LogP contribution in [0.25, 0.3) is 0 Å². The van der Waals surface area contributed by atoms with E-state index in [1.165, 1.54) is 0 Å². The summed E-state index contributed by atoms with van der Waals surface area (Å²) in [6, 6.07) is 10.4. The van der Waals surface area contributed by atoms with Gasteiger partial charge in [0.05, 0.1) is 15.7 Å². The topological polar surface area (TPSA) is 64.6 Å². The largest absolute Gasteiger partial charge is 0.482 e. The highest BCUT2D eigenvalue weighted by atomic mass is 35.5. The monoisotopic (exact) mass is 381 g/mol. The number of benzene rings is 2. The average molecular weight is 382 g/mol. The molecule has 7 heteroatoms. The van der Waals surface area contributed by atoms with Gasteiger partial charge in [-0.3, -0.25) is 4.79 Å². The van der Waals surface area contributed by atoms with Gasteiger partial charge in [0, 0.05) is 0 Å². The maximum atomic E-state index is 11.8. The molecule has 0 bridgehead atoms. The zero-order chi connectivity index (χ0) is 18.4. The highest BCUT2D eigenvalue weighted by Gasteiger charge is 2.12. The highest BCUT2D eigenvalue weighted by Crippen LogP contribution is 2.29. The normalized spacial score (nSPS) is 10.2. The van der Waals surface area contributed by atoms with Gasteiger partial charge in [0.2, 0.25) is 0 Å². The molecule has 0 heterocycles. The summed E-state index contributed by atoms with van der Waals surface area (Å²) in [5.41, 5.74) is 2.36. The van der Waals surface area contributed by atoms with Crippen molar-refractivity contribution in [1.82, 2.24) is 0 Å². The SMILES string of the molecule is Cc1cccc(OCC(=O)OCC(=O)Nc2cccc(Cl)c2Cl)c1C. The van der Waals surface area contributed by atoms with E-state index in [9.17, 15) is 9.59 Å². The summed E-state index contributed by atoms with van der Waals surface area (Å²) < 4.78 is 10.3. The van der Waals surface area contributed by atoms with Crippen molar-refractivity contribution in [2.45, 2.75) is 13.8 Å². The van der Waals surface area contributed by atoms with E-state index in [1.807, 2.05) is 26.0 Å². The Bertz CT molecular complexity index is 793. The van der Waals surface area contributed by atoms with Gasteiger partial charge < -0.3 is 14.8 Å². The van der Waals surface area contributed by atoms with E-state index < -0.39 is 18.5 Å². The van der Waals surface area contributed by atoms with Crippen LogP contribution in [0.15, 0.2) is 36.4 Å². The Morgan fingerprint density at radius 3 is 2.52 bits per heavy atom. The summed E-state index contributed by atoms with van der Waals surface area (Å²) in [6.45, 7) is 3.12. The second-order valence-corrected chi connectivity index (χ2v) is 6.08. The van der Waals surface area contributed by atoms with E-state index in [0.717, 1.165) is 11.1 Å². The number of esters is 1. The summed E-state index contributed by atoms with van der Waals surface area (Å²) in [6.07, 6.45) is 0. The molecule has 0 aliphatic carbocycles. The summed E-state index contributed by atoms with van der Waals surface area (Å²) in [5, 5.41) is 3.07. The molecule has 0 spiro atoms. The number of rotatable bonds is 6. The number of halogens is 2. The maximum absolute atomic E-state index is 11.8. The molecule has 0 radical (unpaired) electrons. The molecule has 0 unspecified atom stereocenters. The summed E-state index contributed by atoms with van der Waals surface area (Å²) >= 11 is 11.8. The van der Waals surface area contributed by atoms with Crippen molar-refractivity contribution in [2.24, 2.45) is 0 Å². The van der Waals surface area contributed by atoms with Crippen LogP contribution >= 0.6 is 23.2 Å². The number of aryl methyl sites for hydroxylation is 1. The average Bonchev–Trinajstić information content (AvgIpc) is 2.58. The van der Waals surface area contributed by atoms with E-state index in [4.69, 9.17) is 32.7 Å². The lowest BCUT2D eigenvalue weighted by Crippen LogP contribution is -2.23. The lowest BCUT2D eigenvalue weighted by Gasteiger charge is -2.11. The Hall–Kier alpha value is -2.24. The van der Waals surface area contributed by atoms with Crippen molar-refractivity contribution in [3.8, 4) is 5.75 Å². The standard InChI is InChI=1S/C18H17Cl2NO4/c1-11-5-3-8-15(12(11)2)24-10-17(23)25-9-16(22)21-14-7-4-6-13(19)18(14)20/h3-8H,9-10H2,1-2H3,(H,21,22). The third-order valence-electron chi connectivity index (χ3n) is 3.49. The van der Waals surface area contributed by atoms with E-state index in [2.05, 4.69) is 5.32 Å². The molecular formula is C18H17Cl2NO4. The first-order valence-corrected chi connectivity index (χ1v) is 8.22. The Labute approximate surface area is 155 Å². The minimum absolute atomic E-state index is 0.224. The lowest BCUT2D eigenvalue weighted by atomic mass is 10.1. The maximum Gasteiger partial charge on any atom is 0.344 e. The van der Waals surface area contributed by atoms with E-state index >= 15 is 0 Å². The van der Waals surface area contributed by atoms with Crippen LogP contribution in [0.5, 0.6) is 5.75 Å².